The van der Waals surface area contributed by atoms with Crippen LogP contribution in [0, 0.1) is 5.82 Å². The van der Waals surface area contributed by atoms with E-state index in [-0.39, 0.29) is 24.3 Å². The normalized spacial score (nSPS) is 14.0. The summed E-state index contributed by atoms with van der Waals surface area (Å²) in [5.74, 6) is -1.26. The minimum atomic E-state index is -0.562. The fourth-order valence-electron chi connectivity index (χ4n) is 3.05. The number of ether oxygens (including phenoxy) is 1. The first-order valence-electron chi connectivity index (χ1n) is 8.80. The van der Waals surface area contributed by atoms with Crippen LogP contribution in [0.2, 0.25) is 0 Å². The lowest BCUT2D eigenvalue weighted by Crippen LogP contribution is -2.33. The SMILES string of the molecule is O=C(COc1ccc(Br)cc1F)Nc1ccccc1C(=O)NC1CCCC1. The second-order valence-electron chi connectivity index (χ2n) is 6.41. The number of halogens is 2. The molecule has 2 N–H and O–H groups in total. The zero-order chi connectivity index (χ0) is 19.2. The molecule has 1 aliphatic carbocycles. The molecule has 2 aromatic rings. The number of hydrogen-bond donors (Lipinski definition) is 2. The van der Waals surface area contributed by atoms with E-state index >= 15 is 0 Å². The van der Waals surface area contributed by atoms with E-state index in [4.69, 9.17) is 4.74 Å². The predicted molar refractivity (Wildman–Crippen MR) is 104 cm³/mol. The minimum absolute atomic E-state index is 0.0133. The molecule has 1 saturated carbocycles. The zero-order valence-electron chi connectivity index (χ0n) is 14.6. The number of benzene rings is 2. The van der Waals surface area contributed by atoms with E-state index in [2.05, 4.69) is 26.6 Å². The largest absolute Gasteiger partial charge is 0.481 e. The van der Waals surface area contributed by atoms with Gasteiger partial charge < -0.3 is 15.4 Å². The van der Waals surface area contributed by atoms with Crippen molar-refractivity contribution in [1.82, 2.24) is 5.32 Å². The van der Waals surface area contributed by atoms with E-state index in [0.717, 1.165) is 25.7 Å². The number of carbonyl (C=O) groups is 2. The molecule has 3 rings (SSSR count). The average Bonchev–Trinajstić information content (AvgIpc) is 3.14. The second-order valence-corrected chi connectivity index (χ2v) is 7.33. The summed E-state index contributed by atoms with van der Waals surface area (Å²) in [6.45, 7) is -0.364. The Morgan fingerprint density at radius 1 is 1.15 bits per heavy atom. The Labute approximate surface area is 165 Å². The van der Waals surface area contributed by atoms with Gasteiger partial charge in [0.2, 0.25) is 0 Å². The van der Waals surface area contributed by atoms with Gasteiger partial charge in [0.15, 0.2) is 18.2 Å². The van der Waals surface area contributed by atoms with Crippen LogP contribution in [0.15, 0.2) is 46.9 Å². The lowest BCUT2D eigenvalue weighted by molar-refractivity contribution is -0.118. The van der Waals surface area contributed by atoms with E-state index < -0.39 is 11.7 Å². The van der Waals surface area contributed by atoms with Crippen LogP contribution >= 0.6 is 15.9 Å². The van der Waals surface area contributed by atoms with Crippen molar-refractivity contribution in [2.75, 3.05) is 11.9 Å². The van der Waals surface area contributed by atoms with Crippen molar-refractivity contribution >= 4 is 33.4 Å². The van der Waals surface area contributed by atoms with Gasteiger partial charge in [-0.1, -0.05) is 40.9 Å². The maximum absolute atomic E-state index is 13.8. The highest BCUT2D eigenvalue weighted by Gasteiger charge is 2.20. The van der Waals surface area contributed by atoms with Gasteiger partial charge in [-0.2, -0.15) is 0 Å². The third kappa shape index (κ3) is 5.29. The summed E-state index contributed by atoms with van der Waals surface area (Å²) in [6.07, 6.45) is 4.19. The molecule has 0 atom stereocenters. The molecule has 0 unspecified atom stereocenters. The molecule has 5 nitrogen and oxygen atoms in total. The van der Waals surface area contributed by atoms with Crippen LogP contribution in [0.5, 0.6) is 5.75 Å². The molecule has 0 aliphatic heterocycles. The van der Waals surface area contributed by atoms with Crippen LogP contribution in [0.1, 0.15) is 36.0 Å². The fraction of sp³-hybridized carbons (Fsp3) is 0.300. The lowest BCUT2D eigenvalue weighted by Gasteiger charge is -2.15. The summed E-state index contributed by atoms with van der Waals surface area (Å²) in [5, 5.41) is 5.66. The van der Waals surface area contributed by atoms with Crippen LogP contribution in [0.3, 0.4) is 0 Å². The van der Waals surface area contributed by atoms with Crippen molar-refractivity contribution in [2.45, 2.75) is 31.7 Å². The smallest absolute Gasteiger partial charge is 0.262 e. The van der Waals surface area contributed by atoms with Gasteiger partial charge in [0, 0.05) is 10.5 Å². The van der Waals surface area contributed by atoms with Crippen molar-refractivity contribution in [3.63, 3.8) is 0 Å². The average molecular weight is 435 g/mol. The van der Waals surface area contributed by atoms with Gasteiger partial charge in [-0.15, -0.1) is 0 Å². The summed E-state index contributed by atoms with van der Waals surface area (Å²) >= 11 is 3.16. The number of amides is 2. The number of para-hydroxylation sites is 1. The number of anilines is 1. The Kier molecular flexibility index (Phi) is 6.45. The van der Waals surface area contributed by atoms with Crippen LogP contribution in [-0.4, -0.2) is 24.5 Å². The number of carbonyl (C=O) groups excluding carboxylic acids is 2. The summed E-state index contributed by atoms with van der Waals surface area (Å²) in [7, 11) is 0. The van der Waals surface area contributed by atoms with E-state index in [1.54, 1.807) is 30.3 Å². The Balaban J connectivity index is 1.61. The molecule has 0 spiro atoms. The summed E-state index contributed by atoms with van der Waals surface area (Å²) < 4.78 is 19.6. The van der Waals surface area contributed by atoms with Crippen molar-refractivity contribution in [1.29, 1.82) is 0 Å². The van der Waals surface area contributed by atoms with Crippen LogP contribution in [-0.2, 0) is 4.79 Å². The van der Waals surface area contributed by atoms with Crippen molar-refractivity contribution in [3.8, 4) is 5.75 Å². The highest BCUT2D eigenvalue weighted by Crippen LogP contribution is 2.22. The molecular formula is C20H20BrFN2O3. The van der Waals surface area contributed by atoms with E-state index in [9.17, 15) is 14.0 Å². The maximum atomic E-state index is 13.8. The summed E-state index contributed by atoms with van der Waals surface area (Å²) in [6, 6.07) is 11.3. The maximum Gasteiger partial charge on any atom is 0.262 e. The van der Waals surface area contributed by atoms with Gasteiger partial charge in [0.1, 0.15) is 0 Å². The minimum Gasteiger partial charge on any atom is -0.481 e. The number of nitrogens with one attached hydrogen (secondary N) is 2. The van der Waals surface area contributed by atoms with Crippen LogP contribution < -0.4 is 15.4 Å². The number of rotatable bonds is 6. The van der Waals surface area contributed by atoms with Crippen molar-refractivity contribution in [3.05, 3.63) is 58.3 Å². The molecule has 1 aliphatic rings. The molecular weight excluding hydrogens is 415 g/mol. The fourth-order valence-corrected chi connectivity index (χ4v) is 3.38. The van der Waals surface area contributed by atoms with Crippen LogP contribution in [0.25, 0.3) is 0 Å². The Morgan fingerprint density at radius 2 is 1.89 bits per heavy atom. The zero-order valence-corrected chi connectivity index (χ0v) is 16.2. The van der Waals surface area contributed by atoms with Gasteiger partial charge in [-0.05, 0) is 43.2 Å². The molecule has 0 radical (unpaired) electrons. The summed E-state index contributed by atoms with van der Waals surface area (Å²) in [4.78, 5) is 24.7. The second kappa shape index (κ2) is 8.99. The topological polar surface area (TPSA) is 67.4 Å². The van der Waals surface area contributed by atoms with Gasteiger partial charge >= 0.3 is 0 Å². The van der Waals surface area contributed by atoms with E-state index in [1.165, 1.54) is 12.1 Å². The standard InChI is InChI=1S/C20H20BrFN2O3/c21-13-9-10-18(16(22)11-13)27-12-19(25)24-17-8-4-3-7-15(17)20(26)23-14-5-1-2-6-14/h3-4,7-11,14H,1-2,5-6,12H2,(H,23,26)(H,24,25). The molecule has 0 heterocycles. The third-order valence-corrected chi connectivity index (χ3v) is 4.88. The van der Waals surface area contributed by atoms with Gasteiger partial charge in [0.05, 0.1) is 11.3 Å². The lowest BCUT2D eigenvalue weighted by atomic mass is 10.1. The highest BCUT2D eigenvalue weighted by molar-refractivity contribution is 9.10. The molecule has 7 heteroatoms. The molecule has 0 saturated heterocycles. The number of hydrogen-bond acceptors (Lipinski definition) is 3. The van der Waals surface area contributed by atoms with Gasteiger partial charge in [-0.3, -0.25) is 9.59 Å². The quantitative estimate of drug-likeness (QED) is 0.712. The predicted octanol–water partition coefficient (Wildman–Crippen LogP) is 4.28. The molecule has 2 amide bonds. The molecule has 27 heavy (non-hydrogen) atoms. The first-order chi connectivity index (χ1) is 13.0. The third-order valence-electron chi connectivity index (χ3n) is 4.39. The summed E-state index contributed by atoms with van der Waals surface area (Å²) in [5.41, 5.74) is 0.797. The van der Waals surface area contributed by atoms with Crippen molar-refractivity contribution < 1.29 is 18.7 Å². The highest BCUT2D eigenvalue weighted by atomic mass is 79.9. The Hall–Kier alpha value is -2.41. The first-order valence-corrected chi connectivity index (χ1v) is 9.60. The first kappa shape index (κ1) is 19.4. The van der Waals surface area contributed by atoms with Crippen LogP contribution in [0.4, 0.5) is 10.1 Å². The molecule has 2 aromatic carbocycles. The van der Waals surface area contributed by atoms with E-state index in [1.807, 2.05) is 0 Å². The monoisotopic (exact) mass is 434 g/mol. The van der Waals surface area contributed by atoms with Gasteiger partial charge in [-0.25, -0.2) is 4.39 Å². The molecule has 0 bridgehead atoms. The van der Waals surface area contributed by atoms with Crippen molar-refractivity contribution in [2.24, 2.45) is 0 Å². The molecule has 142 valence electrons. The Morgan fingerprint density at radius 3 is 2.63 bits per heavy atom. The molecule has 1 fully saturated rings. The van der Waals surface area contributed by atoms with Gasteiger partial charge in [0.25, 0.3) is 11.8 Å². The van der Waals surface area contributed by atoms with E-state index in [0.29, 0.717) is 15.7 Å². The molecule has 0 aromatic heterocycles. The Bertz CT molecular complexity index is 838.